The fourth-order valence-electron chi connectivity index (χ4n) is 8.43. The highest BCUT2D eigenvalue weighted by atomic mass is 16.8. The van der Waals surface area contributed by atoms with Crippen LogP contribution in [0.15, 0.2) is 0 Å². The van der Waals surface area contributed by atoms with E-state index in [4.69, 9.17) is 33.2 Å². The largest absolute Gasteiger partial charge is 0.465 e. The Morgan fingerprint density at radius 3 is 2.18 bits per heavy atom. The third-order valence-electron chi connectivity index (χ3n) is 10.2. The van der Waals surface area contributed by atoms with Crippen molar-refractivity contribution >= 4 is 17.9 Å². The summed E-state index contributed by atoms with van der Waals surface area (Å²) in [5.74, 6) is -0.960. The van der Waals surface area contributed by atoms with Gasteiger partial charge in [0.2, 0.25) is 0 Å². The van der Waals surface area contributed by atoms with Crippen LogP contribution in [0.3, 0.4) is 0 Å². The van der Waals surface area contributed by atoms with Crippen LogP contribution < -0.4 is 0 Å². The second-order valence-corrected chi connectivity index (χ2v) is 12.1. The zero-order chi connectivity index (χ0) is 27.5. The Kier molecular flexibility index (Phi) is 7.33. The summed E-state index contributed by atoms with van der Waals surface area (Å²) < 4.78 is 42.3. The molecule has 1 spiro atoms. The van der Waals surface area contributed by atoms with Gasteiger partial charge in [0.25, 0.3) is 0 Å². The molecule has 3 aliphatic heterocycles. The van der Waals surface area contributed by atoms with Crippen molar-refractivity contribution in [3.63, 3.8) is 0 Å². The highest BCUT2D eigenvalue weighted by Crippen LogP contribution is 2.70. The Labute approximate surface area is 224 Å². The van der Waals surface area contributed by atoms with Gasteiger partial charge in [-0.25, -0.2) is 0 Å². The second kappa shape index (κ2) is 10.0. The first kappa shape index (κ1) is 27.8. The van der Waals surface area contributed by atoms with E-state index < -0.39 is 41.1 Å². The van der Waals surface area contributed by atoms with E-state index in [1.807, 2.05) is 6.92 Å². The molecule has 5 fully saturated rings. The molecular formula is C28H42O10. The smallest absolute Gasteiger partial charge is 0.303 e. The lowest BCUT2D eigenvalue weighted by Gasteiger charge is -2.64. The standard InChI is InChI=1S/C28H42O10/c1-7-32-24-12-19-11-22(37-25(19)38-24)26(6)15(2)10-23(36-18(5)31)27(13-33-16(3)29)20(26)8-9-21(35-17(4)30)28(27)14-34-28/h15,19-25H,7-14H2,1-6H3/t15-,19+,20-,21+,22+,23+,24-,25-,26+,27+,28-/m1/s1. The van der Waals surface area contributed by atoms with E-state index in [9.17, 15) is 14.4 Å². The van der Waals surface area contributed by atoms with E-state index in [1.54, 1.807) is 0 Å². The van der Waals surface area contributed by atoms with E-state index in [0.29, 0.717) is 32.5 Å². The average molecular weight is 539 g/mol. The van der Waals surface area contributed by atoms with Crippen LogP contribution in [0.25, 0.3) is 0 Å². The van der Waals surface area contributed by atoms with Crippen LogP contribution in [0.1, 0.15) is 73.6 Å². The van der Waals surface area contributed by atoms with Crippen LogP contribution in [0.5, 0.6) is 0 Å². The number of hydrogen-bond acceptors (Lipinski definition) is 10. The number of carbonyl (C=O) groups excluding carboxylic acids is 3. The van der Waals surface area contributed by atoms with Crippen LogP contribution in [0.2, 0.25) is 0 Å². The van der Waals surface area contributed by atoms with Crippen molar-refractivity contribution in [3.05, 3.63) is 0 Å². The summed E-state index contributed by atoms with van der Waals surface area (Å²) in [4.78, 5) is 36.7. The van der Waals surface area contributed by atoms with Gasteiger partial charge in [-0.05, 0) is 44.4 Å². The first-order valence-electron chi connectivity index (χ1n) is 14.0. The summed E-state index contributed by atoms with van der Waals surface area (Å²) in [7, 11) is 0. The van der Waals surface area contributed by atoms with Crippen molar-refractivity contribution in [2.75, 3.05) is 19.8 Å². The van der Waals surface area contributed by atoms with Crippen LogP contribution in [0.4, 0.5) is 0 Å². The molecule has 0 N–H and O–H groups in total. The quantitative estimate of drug-likeness (QED) is 0.272. The number of rotatable bonds is 7. The molecule has 5 aliphatic rings. The molecule has 0 aromatic rings. The molecule has 5 rings (SSSR count). The Hall–Kier alpha value is -1.75. The number of carbonyl (C=O) groups is 3. The van der Waals surface area contributed by atoms with Crippen LogP contribution in [-0.2, 0) is 47.5 Å². The van der Waals surface area contributed by atoms with Gasteiger partial charge in [0.1, 0.15) is 24.4 Å². The summed E-state index contributed by atoms with van der Waals surface area (Å²) in [6, 6.07) is 0. The third-order valence-corrected chi connectivity index (χ3v) is 10.2. The van der Waals surface area contributed by atoms with Gasteiger partial charge in [0.05, 0.1) is 18.1 Å². The molecule has 0 radical (unpaired) electrons. The van der Waals surface area contributed by atoms with Gasteiger partial charge < -0.3 is 33.2 Å². The van der Waals surface area contributed by atoms with Crippen molar-refractivity contribution in [2.24, 2.45) is 28.6 Å². The van der Waals surface area contributed by atoms with Crippen molar-refractivity contribution in [2.45, 2.75) is 110 Å². The number of ether oxygens (including phenoxy) is 7. The number of fused-ring (bicyclic) bond motifs is 3. The molecule has 10 nitrogen and oxygen atoms in total. The molecule has 0 aromatic carbocycles. The number of esters is 3. The monoisotopic (exact) mass is 538 g/mol. The van der Waals surface area contributed by atoms with E-state index in [-0.39, 0.29) is 48.5 Å². The van der Waals surface area contributed by atoms with Gasteiger partial charge >= 0.3 is 17.9 Å². The second-order valence-electron chi connectivity index (χ2n) is 12.1. The maximum Gasteiger partial charge on any atom is 0.303 e. The topological polar surface area (TPSA) is 119 Å². The Balaban J connectivity index is 1.54. The first-order valence-corrected chi connectivity index (χ1v) is 14.0. The van der Waals surface area contributed by atoms with Gasteiger partial charge in [-0.2, -0.15) is 0 Å². The van der Waals surface area contributed by atoms with Crippen LogP contribution >= 0.6 is 0 Å². The average Bonchev–Trinajstić information content (AvgIpc) is 3.38. The first-order chi connectivity index (χ1) is 18.0. The van der Waals surface area contributed by atoms with Crippen molar-refractivity contribution in [1.29, 1.82) is 0 Å². The van der Waals surface area contributed by atoms with Gasteiger partial charge in [-0.15, -0.1) is 0 Å². The molecule has 3 saturated heterocycles. The summed E-state index contributed by atoms with van der Waals surface area (Å²) >= 11 is 0. The zero-order valence-electron chi connectivity index (χ0n) is 23.4. The predicted molar refractivity (Wildman–Crippen MR) is 131 cm³/mol. The summed E-state index contributed by atoms with van der Waals surface area (Å²) in [5.41, 5.74) is -2.19. The van der Waals surface area contributed by atoms with Crippen molar-refractivity contribution in [3.8, 4) is 0 Å². The molecule has 10 heteroatoms. The third kappa shape index (κ3) is 4.26. The number of epoxide rings is 1. The zero-order valence-corrected chi connectivity index (χ0v) is 23.4. The van der Waals surface area contributed by atoms with Gasteiger partial charge in [-0.1, -0.05) is 13.8 Å². The Morgan fingerprint density at radius 1 is 0.921 bits per heavy atom. The number of hydrogen-bond donors (Lipinski definition) is 0. The van der Waals surface area contributed by atoms with E-state index in [2.05, 4.69) is 13.8 Å². The fraction of sp³-hybridized carbons (Fsp3) is 0.893. The lowest BCUT2D eigenvalue weighted by Crippen LogP contribution is -2.72. The minimum atomic E-state index is -0.913. The van der Waals surface area contributed by atoms with E-state index in [1.165, 1.54) is 20.8 Å². The highest BCUT2D eigenvalue weighted by molar-refractivity contribution is 5.67. The summed E-state index contributed by atoms with van der Waals surface area (Å²) in [5, 5.41) is 0. The minimum Gasteiger partial charge on any atom is -0.465 e. The summed E-state index contributed by atoms with van der Waals surface area (Å²) in [6.07, 6.45) is 1.66. The Bertz CT molecular complexity index is 934. The van der Waals surface area contributed by atoms with Crippen LogP contribution in [0, 0.1) is 28.6 Å². The molecule has 0 unspecified atom stereocenters. The Morgan fingerprint density at radius 2 is 1.61 bits per heavy atom. The fourth-order valence-corrected chi connectivity index (χ4v) is 8.43. The predicted octanol–water partition coefficient (Wildman–Crippen LogP) is 3.14. The molecule has 0 amide bonds. The van der Waals surface area contributed by atoms with E-state index in [0.717, 1.165) is 12.8 Å². The highest BCUT2D eigenvalue weighted by Gasteiger charge is 2.80. The molecule has 214 valence electrons. The lowest BCUT2D eigenvalue weighted by atomic mass is 9.42. The molecule has 2 saturated carbocycles. The molecule has 0 aromatic heterocycles. The molecule has 3 heterocycles. The maximum absolute atomic E-state index is 12.4. The normalized spacial score (nSPS) is 47.2. The summed E-state index contributed by atoms with van der Waals surface area (Å²) in [6.45, 7) is 11.5. The SMILES string of the molecule is CCO[C@H]1C[C@@H]2C[C@@H]([C@@]3(C)[C@H](C)C[C@H](OC(C)=O)[C@]4(COC(C)=O)[C@@H]3CC[C@H](OC(C)=O)[C@]43CO3)O[C@@H]2O1. The molecule has 38 heavy (non-hydrogen) atoms. The van der Waals surface area contributed by atoms with Gasteiger partial charge in [0, 0.05) is 45.1 Å². The maximum atomic E-state index is 12.4. The van der Waals surface area contributed by atoms with E-state index >= 15 is 0 Å². The van der Waals surface area contributed by atoms with Crippen molar-refractivity contribution in [1.82, 2.24) is 0 Å². The van der Waals surface area contributed by atoms with Gasteiger partial charge in [0.15, 0.2) is 12.6 Å². The van der Waals surface area contributed by atoms with Crippen LogP contribution in [-0.4, -0.2) is 74.2 Å². The minimum absolute atomic E-state index is 0.00745. The molecule has 2 aliphatic carbocycles. The molecular weight excluding hydrogens is 496 g/mol. The van der Waals surface area contributed by atoms with Crippen molar-refractivity contribution < 1.29 is 47.5 Å². The molecule has 0 bridgehead atoms. The van der Waals surface area contributed by atoms with Gasteiger partial charge in [-0.3, -0.25) is 14.4 Å². The molecule has 11 atom stereocenters. The lowest BCUT2D eigenvalue weighted by molar-refractivity contribution is -0.277.